The van der Waals surface area contributed by atoms with Crippen LogP contribution in [0.2, 0.25) is 0 Å². The van der Waals surface area contributed by atoms with E-state index in [-0.39, 0.29) is 17.9 Å². The number of amides is 1. The minimum absolute atomic E-state index is 0.0379. The number of methoxy groups -OCH3 is 2. The smallest absolute Gasteiger partial charge is 0.232 e. The van der Waals surface area contributed by atoms with Crippen LogP contribution in [0, 0.1) is 6.92 Å². The first-order valence-electron chi connectivity index (χ1n) is 9.68. The maximum atomic E-state index is 13.3. The molecule has 0 saturated heterocycles. The lowest BCUT2D eigenvalue weighted by molar-refractivity contribution is -0.122. The first-order chi connectivity index (χ1) is 14.0. The minimum Gasteiger partial charge on any atom is -0.493 e. The number of nitrogens with one attached hydrogen (secondary N) is 1. The van der Waals surface area contributed by atoms with Crippen LogP contribution in [0.4, 0.5) is 0 Å². The van der Waals surface area contributed by atoms with Gasteiger partial charge in [-0.3, -0.25) is 4.79 Å². The summed E-state index contributed by atoms with van der Waals surface area (Å²) in [5.41, 5.74) is 3.96. The van der Waals surface area contributed by atoms with E-state index >= 15 is 0 Å². The van der Waals surface area contributed by atoms with Gasteiger partial charge in [-0.15, -0.1) is 0 Å². The third-order valence-corrected chi connectivity index (χ3v) is 5.13. The zero-order valence-corrected chi connectivity index (χ0v) is 17.3. The molecule has 1 unspecified atom stereocenters. The predicted octanol–water partition coefficient (Wildman–Crippen LogP) is 5.02. The molecule has 1 atom stereocenters. The van der Waals surface area contributed by atoms with E-state index in [0.717, 1.165) is 22.3 Å². The number of carbonyl (C=O) groups is 1. The second-order valence-corrected chi connectivity index (χ2v) is 7.05. The van der Waals surface area contributed by atoms with Crippen LogP contribution in [0.3, 0.4) is 0 Å². The Morgan fingerprint density at radius 1 is 0.828 bits per heavy atom. The van der Waals surface area contributed by atoms with Crippen molar-refractivity contribution < 1.29 is 14.3 Å². The highest BCUT2D eigenvalue weighted by Crippen LogP contribution is 2.33. The highest BCUT2D eigenvalue weighted by molar-refractivity contribution is 5.87. The largest absolute Gasteiger partial charge is 0.493 e. The Balaban J connectivity index is 1.90. The average molecular weight is 389 g/mol. The third-order valence-electron chi connectivity index (χ3n) is 5.13. The summed E-state index contributed by atoms with van der Waals surface area (Å²) < 4.78 is 10.8. The molecule has 1 N–H and O–H groups in total. The lowest BCUT2D eigenvalue weighted by Gasteiger charge is -2.23. The number of aryl methyl sites for hydroxylation is 1. The molecule has 0 aliphatic heterocycles. The van der Waals surface area contributed by atoms with Gasteiger partial charge >= 0.3 is 0 Å². The maximum absolute atomic E-state index is 13.3. The summed E-state index contributed by atoms with van der Waals surface area (Å²) in [5, 5.41) is 3.19. The van der Waals surface area contributed by atoms with Crippen molar-refractivity contribution in [2.45, 2.75) is 25.8 Å². The normalized spacial score (nSPS) is 11.8. The van der Waals surface area contributed by atoms with Gasteiger partial charge in [0.25, 0.3) is 0 Å². The van der Waals surface area contributed by atoms with Gasteiger partial charge in [0, 0.05) is 0 Å². The van der Waals surface area contributed by atoms with Crippen LogP contribution in [-0.2, 0) is 4.79 Å². The topological polar surface area (TPSA) is 47.6 Å². The zero-order valence-electron chi connectivity index (χ0n) is 17.3. The fraction of sp³-hybridized carbons (Fsp3) is 0.240. The molecule has 3 aromatic carbocycles. The van der Waals surface area contributed by atoms with Gasteiger partial charge < -0.3 is 14.8 Å². The second-order valence-electron chi connectivity index (χ2n) is 7.05. The molecule has 0 heterocycles. The summed E-state index contributed by atoms with van der Waals surface area (Å²) in [5.74, 6) is 0.917. The highest BCUT2D eigenvalue weighted by Gasteiger charge is 2.25. The van der Waals surface area contributed by atoms with E-state index in [9.17, 15) is 4.79 Å². The van der Waals surface area contributed by atoms with E-state index in [4.69, 9.17) is 9.47 Å². The number of hydrogen-bond donors (Lipinski definition) is 1. The van der Waals surface area contributed by atoms with Gasteiger partial charge in [-0.2, -0.15) is 0 Å². The molecule has 0 aliphatic rings. The summed E-state index contributed by atoms with van der Waals surface area (Å²) in [4.78, 5) is 13.3. The first kappa shape index (κ1) is 20.5. The molecule has 150 valence electrons. The molecule has 1 amide bonds. The van der Waals surface area contributed by atoms with Gasteiger partial charge in [-0.1, -0.05) is 60.7 Å². The first-order valence-corrected chi connectivity index (χ1v) is 9.68. The van der Waals surface area contributed by atoms with E-state index < -0.39 is 0 Å². The highest BCUT2D eigenvalue weighted by atomic mass is 16.5. The van der Waals surface area contributed by atoms with Crippen LogP contribution in [0.15, 0.2) is 72.8 Å². The average Bonchev–Trinajstić information content (AvgIpc) is 2.75. The Kier molecular flexibility index (Phi) is 6.55. The number of rotatable bonds is 7. The molecule has 0 fully saturated rings. The number of hydrogen-bond acceptors (Lipinski definition) is 3. The quantitative estimate of drug-likeness (QED) is 0.617. The van der Waals surface area contributed by atoms with Gasteiger partial charge in [0.05, 0.1) is 26.2 Å². The second kappa shape index (κ2) is 9.28. The molecule has 3 rings (SSSR count). The molecular formula is C25H27NO3. The molecule has 0 saturated carbocycles. The van der Waals surface area contributed by atoms with Crippen molar-refractivity contribution in [3.63, 3.8) is 0 Å². The zero-order chi connectivity index (χ0) is 20.8. The molecule has 0 aliphatic carbocycles. The van der Waals surface area contributed by atoms with Gasteiger partial charge in [0.1, 0.15) is 0 Å². The Bertz CT molecular complexity index is 915. The van der Waals surface area contributed by atoms with Crippen molar-refractivity contribution in [1.29, 1.82) is 0 Å². The Hall–Kier alpha value is -3.27. The number of benzene rings is 3. The van der Waals surface area contributed by atoms with Gasteiger partial charge in [0.2, 0.25) is 5.91 Å². The van der Waals surface area contributed by atoms with E-state index in [1.54, 1.807) is 14.2 Å². The standard InChI is InChI=1S/C25H27NO3/c1-17-15-22(28-3)23(29-4)16-21(17)18(2)26-25(27)24(19-11-7-5-8-12-19)20-13-9-6-10-14-20/h5-16,18,24H,1-4H3,(H,26,27). The van der Waals surface area contributed by atoms with Crippen LogP contribution in [0.25, 0.3) is 0 Å². The van der Waals surface area contributed by atoms with Gasteiger partial charge in [-0.25, -0.2) is 0 Å². The van der Waals surface area contributed by atoms with Crippen LogP contribution >= 0.6 is 0 Å². The molecule has 0 spiro atoms. The molecule has 4 heteroatoms. The summed E-state index contributed by atoms with van der Waals surface area (Å²) in [6, 6.07) is 23.4. The molecule has 4 nitrogen and oxygen atoms in total. The predicted molar refractivity (Wildman–Crippen MR) is 116 cm³/mol. The SMILES string of the molecule is COc1cc(C)c(C(C)NC(=O)C(c2ccccc2)c2ccccc2)cc1OC. The Labute approximate surface area is 172 Å². The van der Waals surface area contributed by atoms with E-state index in [1.165, 1.54) is 0 Å². The van der Waals surface area contributed by atoms with E-state index in [1.807, 2.05) is 86.6 Å². The minimum atomic E-state index is -0.375. The van der Waals surface area contributed by atoms with Crippen molar-refractivity contribution in [2.75, 3.05) is 14.2 Å². The fourth-order valence-corrected chi connectivity index (χ4v) is 3.62. The summed E-state index contributed by atoms with van der Waals surface area (Å²) in [7, 11) is 3.23. The third kappa shape index (κ3) is 4.60. The molecule has 0 bridgehead atoms. The van der Waals surface area contributed by atoms with Crippen molar-refractivity contribution in [1.82, 2.24) is 5.32 Å². The summed E-state index contributed by atoms with van der Waals surface area (Å²) in [6.07, 6.45) is 0. The number of carbonyl (C=O) groups excluding carboxylic acids is 1. The summed E-state index contributed by atoms with van der Waals surface area (Å²) >= 11 is 0. The van der Waals surface area contributed by atoms with Gasteiger partial charge in [0.15, 0.2) is 11.5 Å². The van der Waals surface area contributed by atoms with Crippen LogP contribution in [0.1, 0.15) is 41.1 Å². The summed E-state index contributed by atoms with van der Waals surface area (Å²) in [6.45, 7) is 3.99. The van der Waals surface area contributed by atoms with Gasteiger partial charge in [-0.05, 0) is 48.2 Å². The van der Waals surface area contributed by atoms with Crippen LogP contribution in [-0.4, -0.2) is 20.1 Å². The molecular weight excluding hydrogens is 362 g/mol. The molecule has 0 radical (unpaired) electrons. The van der Waals surface area contributed by atoms with Crippen molar-refractivity contribution in [2.24, 2.45) is 0 Å². The Morgan fingerprint density at radius 3 is 1.79 bits per heavy atom. The fourth-order valence-electron chi connectivity index (χ4n) is 3.62. The van der Waals surface area contributed by atoms with Crippen molar-refractivity contribution >= 4 is 5.91 Å². The lowest BCUT2D eigenvalue weighted by Crippen LogP contribution is -2.32. The maximum Gasteiger partial charge on any atom is 0.232 e. The molecule has 0 aromatic heterocycles. The van der Waals surface area contributed by atoms with Crippen molar-refractivity contribution in [3.05, 3.63) is 95.1 Å². The molecule has 3 aromatic rings. The molecule has 29 heavy (non-hydrogen) atoms. The van der Waals surface area contributed by atoms with E-state index in [0.29, 0.717) is 11.5 Å². The number of ether oxygens (including phenoxy) is 2. The van der Waals surface area contributed by atoms with Crippen LogP contribution < -0.4 is 14.8 Å². The monoisotopic (exact) mass is 389 g/mol. The van der Waals surface area contributed by atoms with Crippen molar-refractivity contribution in [3.8, 4) is 11.5 Å². The lowest BCUT2D eigenvalue weighted by atomic mass is 9.90. The van der Waals surface area contributed by atoms with E-state index in [2.05, 4.69) is 5.32 Å². The Morgan fingerprint density at radius 2 is 1.31 bits per heavy atom. The van der Waals surface area contributed by atoms with Crippen LogP contribution in [0.5, 0.6) is 11.5 Å².